The number of rotatable bonds is 5. The van der Waals surface area contributed by atoms with Crippen molar-refractivity contribution in [3.05, 3.63) is 66.0 Å². The van der Waals surface area contributed by atoms with E-state index in [2.05, 4.69) is 20.1 Å². The second kappa shape index (κ2) is 8.94. The molecule has 1 aliphatic rings. The fourth-order valence-corrected chi connectivity index (χ4v) is 3.66. The molecule has 0 fully saturated rings. The van der Waals surface area contributed by atoms with E-state index in [-0.39, 0.29) is 6.54 Å². The van der Waals surface area contributed by atoms with Crippen molar-refractivity contribution in [1.29, 1.82) is 0 Å². The van der Waals surface area contributed by atoms with Gasteiger partial charge in [-0.2, -0.15) is 0 Å². The molecule has 0 atom stereocenters. The van der Waals surface area contributed by atoms with Gasteiger partial charge in [0.1, 0.15) is 17.4 Å². The number of methoxy groups -OCH3 is 1. The van der Waals surface area contributed by atoms with Gasteiger partial charge in [-0.3, -0.25) is 4.90 Å². The fourth-order valence-electron chi connectivity index (χ4n) is 3.66. The third kappa shape index (κ3) is 4.27. The predicted molar refractivity (Wildman–Crippen MR) is 112 cm³/mol. The third-order valence-electron chi connectivity index (χ3n) is 5.20. The minimum absolute atomic E-state index is 0.178. The van der Waals surface area contributed by atoms with Crippen LogP contribution in [0.15, 0.2) is 48.5 Å². The van der Waals surface area contributed by atoms with Gasteiger partial charge < -0.3 is 14.6 Å². The van der Waals surface area contributed by atoms with Gasteiger partial charge >= 0.3 is 6.03 Å². The minimum Gasteiger partial charge on any atom is -0.495 e. The molecule has 0 saturated heterocycles. The molecule has 2 amide bonds. The van der Waals surface area contributed by atoms with Crippen molar-refractivity contribution in [3.63, 3.8) is 0 Å². The molecule has 7 nitrogen and oxygen atoms in total. The number of carbonyl (C=O) groups excluding carboxylic acids is 1. The van der Waals surface area contributed by atoms with Gasteiger partial charge in [0, 0.05) is 18.7 Å². The first-order valence-corrected chi connectivity index (χ1v) is 10.0. The zero-order valence-corrected chi connectivity index (χ0v) is 16.8. The number of benzene rings is 2. The molecule has 0 radical (unpaired) electrons. The molecule has 4 rings (SSSR count). The van der Waals surface area contributed by atoms with Crippen LogP contribution >= 0.6 is 0 Å². The largest absolute Gasteiger partial charge is 0.495 e. The van der Waals surface area contributed by atoms with Crippen molar-refractivity contribution in [2.75, 3.05) is 17.3 Å². The van der Waals surface area contributed by atoms with E-state index in [1.54, 1.807) is 31.4 Å². The van der Waals surface area contributed by atoms with Crippen molar-refractivity contribution < 1.29 is 13.9 Å². The lowest BCUT2D eigenvalue weighted by atomic mass is 10.2. The Balaban J connectivity index is 1.65. The Morgan fingerprint density at radius 2 is 2.03 bits per heavy atom. The summed E-state index contributed by atoms with van der Waals surface area (Å²) in [6.07, 6.45) is 4.15. The monoisotopic (exact) mass is 409 g/mol. The van der Waals surface area contributed by atoms with Crippen LogP contribution in [0.1, 0.15) is 30.9 Å². The Hall–Kier alpha value is -3.42. The second-order valence-electron chi connectivity index (χ2n) is 7.19. The highest BCUT2D eigenvalue weighted by Gasteiger charge is 2.23. The molecule has 1 N–H and O–H groups in total. The van der Waals surface area contributed by atoms with E-state index >= 15 is 0 Å². The van der Waals surface area contributed by atoms with E-state index in [4.69, 9.17) is 4.74 Å². The number of para-hydroxylation sites is 2. The Bertz CT molecular complexity index is 1040. The summed E-state index contributed by atoms with van der Waals surface area (Å²) in [5, 5.41) is 11.5. The van der Waals surface area contributed by atoms with Crippen LogP contribution in [0.2, 0.25) is 0 Å². The first-order valence-electron chi connectivity index (χ1n) is 10.0. The van der Waals surface area contributed by atoms with Crippen molar-refractivity contribution in [1.82, 2.24) is 14.8 Å². The van der Waals surface area contributed by atoms with Crippen LogP contribution in [0, 0.1) is 5.82 Å². The maximum atomic E-state index is 13.9. The van der Waals surface area contributed by atoms with E-state index in [0.717, 1.165) is 38.1 Å². The number of nitrogens with zero attached hydrogens (tertiary/aromatic N) is 4. The summed E-state index contributed by atoms with van der Waals surface area (Å²) < 4.78 is 21.3. The van der Waals surface area contributed by atoms with Crippen molar-refractivity contribution in [2.45, 2.75) is 38.8 Å². The van der Waals surface area contributed by atoms with Gasteiger partial charge in [-0.15, -0.1) is 10.2 Å². The molecule has 1 aliphatic heterocycles. The Labute approximate surface area is 174 Å². The molecule has 0 saturated carbocycles. The zero-order valence-electron chi connectivity index (χ0n) is 16.8. The predicted octanol–water partition coefficient (Wildman–Crippen LogP) is 4.39. The van der Waals surface area contributed by atoms with Crippen molar-refractivity contribution in [2.24, 2.45) is 0 Å². The van der Waals surface area contributed by atoms with Gasteiger partial charge in [0.2, 0.25) is 0 Å². The van der Waals surface area contributed by atoms with Crippen LogP contribution in [0.3, 0.4) is 0 Å². The molecule has 8 heteroatoms. The minimum atomic E-state index is -0.414. The molecular weight excluding hydrogens is 385 g/mol. The van der Waals surface area contributed by atoms with Gasteiger partial charge in [0.25, 0.3) is 0 Å². The average molecular weight is 409 g/mol. The zero-order chi connectivity index (χ0) is 20.9. The highest BCUT2D eigenvalue weighted by molar-refractivity contribution is 6.02. The average Bonchev–Trinajstić information content (AvgIpc) is 2.97. The number of anilines is 2. The van der Waals surface area contributed by atoms with E-state index in [1.807, 2.05) is 12.1 Å². The number of hydrogen-bond acceptors (Lipinski definition) is 4. The summed E-state index contributed by atoms with van der Waals surface area (Å²) in [5.74, 6) is 1.75. The Kier molecular flexibility index (Phi) is 5.92. The smallest absolute Gasteiger partial charge is 0.326 e. The van der Waals surface area contributed by atoms with Crippen molar-refractivity contribution in [3.8, 4) is 5.75 Å². The summed E-state index contributed by atoms with van der Waals surface area (Å²) in [6.45, 7) is 1.00. The molecule has 0 aliphatic carbocycles. The molecule has 2 heterocycles. The number of aryl methyl sites for hydroxylation is 1. The molecule has 3 aromatic rings. The molecule has 156 valence electrons. The number of urea groups is 1. The number of carbonyl (C=O) groups is 1. The first kappa shape index (κ1) is 19.9. The lowest BCUT2D eigenvalue weighted by molar-refractivity contribution is 0.256. The number of ether oxygens (including phenoxy) is 1. The van der Waals surface area contributed by atoms with Crippen LogP contribution in [0.4, 0.5) is 20.6 Å². The summed E-state index contributed by atoms with van der Waals surface area (Å²) >= 11 is 0. The van der Waals surface area contributed by atoms with Gasteiger partial charge in [-0.1, -0.05) is 24.6 Å². The van der Waals surface area contributed by atoms with Crippen LogP contribution in [-0.4, -0.2) is 27.9 Å². The van der Waals surface area contributed by atoms with Crippen LogP contribution in [0.5, 0.6) is 5.75 Å². The number of fused-ring (bicyclic) bond motifs is 1. The molecule has 0 spiro atoms. The topological polar surface area (TPSA) is 72.3 Å². The lowest BCUT2D eigenvalue weighted by Crippen LogP contribution is -2.35. The van der Waals surface area contributed by atoms with Gasteiger partial charge in [-0.05, 0) is 43.2 Å². The number of nitrogens with one attached hydrogen (secondary N) is 1. The quantitative estimate of drug-likeness (QED) is 0.678. The lowest BCUT2D eigenvalue weighted by Gasteiger charge is -2.24. The maximum Gasteiger partial charge on any atom is 0.326 e. The van der Waals surface area contributed by atoms with E-state index in [1.165, 1.54) is 17.0 Å². The highest BCUT2D eigenvalue weighted by atomic mass is 19.1. The maximum absolute atomic E-state index is 13.9. The molecule has 1 aromatic heterocycles. The van der Waals surface area contributed by atoms with Crippen LogP contribution < -0.4 is 15.0 Å². The normalized spacial score (nSPS) is 13.3. The molecule has 0 unspecified atom stereocenters. The molecule has 2 aromatic carbocycles. The summed E-state index contributed by atoms with van der Waals surface area (Å²) in [6, 6.07) is 12.7. The number of aromatic nitrogens is 3. The van der Waals surface area contributed by atoms with Crippen molar-refractivity contribution >= 4 is 17.4 Å². The molecule has 30 heavy (non-hydrogen) atoms. The van der Waals surface area contributed by atoms with E-state index < -0.39 is 11.8 Å². The number of amides is 2. The second-order valence-corrected chi connectivity index (χ2v) is 7.19. The molecular formula is C22H24FN5O2. The van der Waals surface area contributed by atoms with E-state index in [0.29, 0.717) is 22.9 Å². The van der Waals surface area contributed by atoms with E-state index in [9.17, 15) is 9.18 Å². The number of hydrogen-bond donors (Lipinski definition) is 1. The Morgan fingerprint density at radius 1 is 1.17 bits per heavy atom. The standard InChI is InChI=1S/C22H24FN5O2/c1-30-19-11-5-4-10-18(19)24-22(29)28(17-9-7-8-16(23)14-17)15-21-26-25-20-12-3-2-6-13-27(20)21/h4-5,7-11,14H,2-3,6,12-13,15H2,1H3,(H,24,29). The SMILES string of the molecule is COc1ccccc1NC(=O)N(Cc1nnc2n1CCCCC2)c1cccc(F)c1. The third-order valence-corrected chi connectivity index (χ3v) is 5.20. The van der Waals surface area contributed by atoms with Gasteiger partial charge in [0.15, 0.2) is 5.82 Å². The van der Waals surface area contributed by atoms with Gasteiger partial charge in [-0.25, -0.2) is 9.18 Å². The van der Waals surface area contributed by atoms with Gasteiger partial charge in [0.05, 0.1) is 19.3 Å². The summed E-state index contributed by atoms with van der Waals surface area (Å²) in [4.78, 5) is 14.7. The highest BCUT2D eigenvalue weighted by Crippen LogP contribution is 2.26. The first-order chi connectivity index (χ1) is 14.7. The fraction of sp³-hybridized carbons (Fsp3) is 0.318. The van der Waals surface area contributed by atoms with Crippen LogP contribution in [0.25, 0.3) is 0 Å². The molecule has 0 bridgehead atoms. The number of halogens is 1. The summed E-state index contributed by atoms with van der Waals surface area (Å²) in [5.41, 5.74) is 0.972. The summed E-state index contributed by atoms with van der Waals surface area (Å²) in [7, 11) is 1.54. The Morgan fingerprint density at radius 3 is 2.87 bits per heavy atom. The van der Waals surface area contributed by atoms with Crippen LogP contribution in [-0.2, 0) is 19.5 Å².